The van der Waals surface area contributed by atoms with Crippen LogP contribution in [0, 0.1) is 5.95 Å². The van der Waals surface area contributed by atoms with Crippen molar-refractivity contribution in [3.63, 3.8) is 0 Å². The molecule has 25 heavy (non-hydrogen) atoms. The van der Waals surface area contributed by atoms with Gasteiger partial charge in [-0.15, -0.1) is 0 Å². The number of H-pyrrole nitrogens is 1. The zero-order chi connectivity index (χ0) is 19.9. The van der Waals surface area contributed by atoms with Gasteiger partial charge in [0.1, 0.15) is 11.6 Å². The molecule has 0 aliphatic carbocycles. The van der Waals surface area contributed by atoms with Gasteiger partial charge < -0.3 is 19.7 Å². The summed E-state index contributed by atoms with van der Waals surface area (Å²) in [7, 11) is -2.44. The molecule has 0 radical (unpaired) electrons. The van der Waals surface area contributed by atoms with Crippen molar-refractivity contribution in [2.75, 3.05) is 25.0 Å². The van der Waals surface area contributed by atoms with Gasteiger partial charge in [0.25, 0.3) is 0 Å². The predicted octanol–water partition coefficient (Wildman–Crippen LogP) is 3.69. The third kappa shape index (κ3) is 3.05. The predicted molar refractivity (Wildman–Crippen MR) is 95.4 cm³/mol. The van der Waals surface area contributed by atoms with Gasteiger partial charge in [-0.25, -0.2) is 4.98 Å². The van der Waals surface area contributed by atoms with Gasteiger partial charge in [-0.05, 0) is 43.2 Å². The maximum Gasteiger partial charge on any atom is 0.224 e. The van der Waals surface area contributed by atoms with E-state index in [1.165, 1.54) is 0 Å². The third-order valence-corrected chi connectivity index (χ3v) is 4.60. The molecule has 1 aliphatic heterocycles. The number of halogens is 1. The Balaban J connectivity index is 1.57. The van der Waals surface area contributed by atoms with Crippen molar-refractivity contribution < 1.29 is 18.3 Å². The van der Waals surface area contributed by atoms with Gasteiger partial charge in [0, 0.05) is 37.1 Å². The second-order valence-electron chi connectivity index (χ2n) is 6.29. The number of anilines is 1. The lowest BCUT2D eigenvalue weighted by atomic mass is 10.1. The van der Waals surface area contributed by atoms with Gasteiger partial charge in [-0.1, -0.05) is 0 Å². The van der Waals surface area contributed by atoms with E-state index in [1.807, 2.05) is 4.90 Å². The number of ether oxygens (including phenoxy) is 1. The molecule has 1 aliphatic rings. The number of rotatable bonds is 3. The van der Waals surface area contributed by atoms with Gasteiger partial charge in [0.2, 0.25) is 5.95 Å². The lowest BCUT2D eigenvalue weighted by molar-refractivity contribution is 0.0891. The fourth-order valence-electron chi connectivity index (χ4n) is 3.30. The van der Waals surface area contributed by atoms with Gasteiger partial charge in [0.15, 0.2) is 0 Å². The summed E-state index contributed by atoms with van der Waals surface area (Å²) < 4.78 is 41.6. The lowest BCUT2D eigenvalue weighted by Gasteiger charge is -2.32. The summed E-state index contributed by atoms with van der Waals surface area (Å²) >= 11 is 0. The number of phenolic OH excluding ortho intramolecular Hbond substituents is 1. The Bertz CT molecular complexity index is 1010. The van der Waals surface area contributed by atoms with E-state index in [1.54, 1.807) is 36.4 Å². The van der Waals surface area contributed by atoms with Crippen molar-refractivity contribution >= 4 is 16.7 Å². The topological polar surface area (TPSA) is 61.4 Å². The normalized spacial score (nSPS) is 20.3. The molecular formula is C19H20FN3O2. The first kappa shape index (κ1) is 12.7. The van der Waals surface area contributed by atoms with Crippen LogP contribution in [0.1, 0.15) is 17.0 Å². The number of hydrogen-bond donors (Lipinski definition) is 2. The Hall–Kier alpha value is -2.60. The fraction of sp³-hybridized carbons (Fsp3) is 0.316. The van der Waals surface area contributed by atoms with Crippen molar-refractivity contribution in [1.29, 1.82) is 0 Å². The Morgan fingerprint density at radius 1 is 1.36 bits per heavy atom. The minimum Gasteiger partial charge on any atom is -0.508 e. The molecule has 130 valence electrons. The number of pyridine rings is 1. The summed E-state index contributed by atoms with van der Waals surface area (Å²) in [6.45, 7) is 1.02. The maximum atomic E-state index is 14.7. The first-order chi connectivity index (χ1) is 13.3. The second-order valence-corrected chi connectivity index (χ2v) is 6.29. The Morgan fingerprint density at radius 3 is 3.12 bits per heavy atom. The molecule has 0 spiro atoms. The van der Waals surface area contributed by atoms with Crippen LogP contribution in [0.4, 0.5) is 10.2 Å². The van der Waals surface area contributed by atoms with Crippen LogP contribution in [0.15, 0.2) is 36.4 Å². The smallest absolute Gasteiger partial charge is 0.224 e. The highest BCUT2D eigenvalue weighted by Gasteiger charge is 2.21. The number of nitrogens with one attached hydrogen (secondary N) is 1. The molecule has 0 saturated carbocycles. The van der Waals surface area contributed by atoms with Gasteiger partial charge in [-0.2, -0.15) is 4.39 Å². The molecule has 1 aromatic carbocycles. The molecule has 2 aromatic heterocycles. The van der Waals surface area contributed by atoms with E-state index in [0.717, 1.165) is 11.8 Å². The van der Waals surface area contributed by atoms with Crippen LogP contribution in [0.2, 0.25) is 0 Å². The van der Waals surface area contributed by atoms with E-state index in [4.69, 9.17) is 8.85 Å². The van der Waals surface area contributed by atoms with Gasteiger partial charge in [-0.3, -0.25) is 0 Å². The van der Waals surface area contributed by atoms with Crippen LogP contribution >= 0.6 is 0 Å². The van der Waals surface area contributed by atoms with Crippen LogP contribution in [-0.2, 0) is 4.74 Å². The minimum absolute atomic E-state index is 0.133. The molecule has 2 N–H and O–H groups in total. The standard InChI is InChI=1S/C19H20FN3O2/c1-25-14-3-2-8-23(11-14)18-7-6-15(19(20)22-18)17-9-12-4-5-13(24)10-16(12)21-17/h4-7,9-10,14,21,24H,2-3,8,11H2,1H3/t14-/m0/s1/i1T3. The molecule has 0 bridgehead atoms. The van der Waals surface area contributed by atoms with E-state index >= 15 is 0 Å². The van der Waals surface area contributed by atoms with Crippen LogP contribution in [0.5, 0.6) is 5.75 Å². The van der Waals surface area contributed by atoms with Crippen molar-refractivity contribution in [1.82, 2.24) is 9.97 Å². The molecule has 0 amide bonds. The quantitative estimate of drug-likeness (QED) is 0.710. The van der Waals surface area contributed by atoms with Crippen LogP contribution < -0.4 is 4.90 Å². The number of fused-ring (bicyclic) bond motifs is 1. The number of methoxy groups -OCH3 is 1. The number of aromatic hydroxyl groups is 1. The summed E-state index contributed by atoms with van der Waals surface area (Å²) in [4.78, 5) is 9.02. The molecule has 0 unspecified atom stereocenters. The lowest BCUT2D eigenvalue weighted by Crippen LogP contribution is -2.39. The second kappa shape index (κ2) is 6.37. The molecule has 6 heteroatoms. The number of aromatic amines is 1. The van der Waals surface area contributed by atoms with Gasteiger partial charge in [0.05, 0.1) is 21.5 Å². The molecule has 1 atom stereocenters. The minimum atomic E-state index is -2.44. The summed E-state index contributed by atoms with van der Waals surface area (Å²) in [6, 6.07) is 10.1. The van der Waals surface area contributed by atoms with Crippen molar-refractivity contribution in [2.45, 2.75) is 18.9 Å². The number of nitrogens with zero attached hydrogens (tertiary/aromatic N) is 2. The summed E-state index contributed by atoms with van der Waals surface area (Å²) in [5, 5.41) is 10.4. The number of hydrogen-bond acceptors (Lipinski definition) is 4. The first-order valence-electron chi connectivity index (χ1n) is 9.70. The average molecular weight is 347 g/mol. The van der Waals surface area contributed by atoms with Crippen LogP contribution in [0.25, 0.3) is 22.2 Å². The first-order valence-corrected chi connectivity index (χ1v) is 8.20. The number of aromatic nitrogens is 2. The fourth-order valence-corrected chi connectivity index (χ4v) is 3.30. The zero-order valence-electron chi connectivity index (χ0n) is 16.5. The Kier molecular flexibility index (Phi) is 3.24. The van der Waals surface area contributed by atoms with E-state index in [9.17, 15) is 9.50 Å². The highest BCUT2D eigenvalue weighted by Crippen LogP contribution is 2.29. The molecule has 1 fully saturated rings. The Labute approximate surface area is 149 Å². The van der Waals surface area contributed by atoms with Crippen LogP contribution in [0.3, 0.4) is 0 Å². The summed E-state index contributed by atoms with van der Waals surface area (Å²) in [6.07, 6.45) is 0.960. The number of benzene rings is 1. The van der Waals surface area contributed by atoms with Gasteiger partial charge >= 0.3 is 0 Å². The summed E-state index contributed by atoms with van der Waals surface area (Å²) in [5.74, 6) is -0.0326. The molecular weight excluding hydrogens is 321 g/mol. The van der Waals surface area contributed by atoms with E-state index in [2.05, 4.69) is 9.97 Å². The average Bonchev–Trinajstić information content (AvgIpc) is 3.03. The largest absolute Gasteiger partial charge is 0.508 e. The molecule has 1 saturated heterocycles. The summed E-state index contributed by atoms with van der Waals surface area (Å²) in [5.41, 5.74) is 1.60. The maximum absolute atomic E-state index is 14.7. The molecule has 3 heterocycles. The third-order valence-electron chi connectivity index (χ3n) is 4.60. The SMILES string of the molecule is [3H]C([3H])([3H])O[C@H]1CCCN(c2ccc(-c3cc4ccc(O)cc4[nH]3)c(F)n2)C1. The molecule has 4 rings (SSSR count). The van der Waals surface area contributed by atoms with E-state index in [0.29, 0.717) is 42.1 Å². The highest BCUT2D eigenvalue weighted by atomic mass is 19.1. The van der Waals surface area contributed by atoms with E-state index in [-0.39, 0.29) is 5.75 Å². The van der Waals surface area contributed by atoms with Crippen molar-refractivity contribution in [3.8, 4) is 17.0 Å². The Morgan fingerprint density at radius 2 is 2.28 bits per heavy atom. The highest BCUT2D eigenvalue weighted by molar-refractivity contribution is 5.86. The monoisotopic (exact) mass is 347 g/mol. The van der Waals surface area contributed by atoms with Crippen LogP contribution in [-0.4, -0.2) is 41.3 Å². The van der Waals surface area contributed by atoms with E-state index < -0.39 is 19.1 Å². The number of phenols is 1. The van der Waals surface area contributed by atoms with Crippen molar-refractivity contribution in [2.24, 2.45) is 0 Å². The number of piperidine rings is 1. The molecule has 3 aromatic rings. The van der Waals surface area contributed by atoms with Crippen molar-refractivity contribution in [3.05, 3.63) is 42.3 Å². The molecule has 5 nitrogen and oxygen atoms in total. The zero-order valence-corrected chi connectivity index (χ0v) is 13.5.